The third-order valence-corrected chi connectivity index (χ3v) is 5.45. The van der Waals surface area contributed by atoms with E-state index in [1.165, 1.54) is 0 Å². The zero-order valence-electron chi connectivity index (χ0n) is 12.1. The van der Waals surface area contributed by atoms with Crippen LogP contribution in [-0.4, -0.2) is 53.4 Å². The molecule has 1 fully saturated rings. The summed E-state index contributed by atoms with van der Waals surface area (Å²) in [4.78, 5) is 21.3. The topological polar surface area (TPSA) is 36.4 Å². The molecule has 0 unspecified atom stereocenters. The van der Waals surface area contributed by atoms with Gasteiger partial charge < -0.3 is 9.80 Å². The Labute approximate surface area is 133 Å². The van der Waals surface area contributed by atoms with E-state index in [2.05, 4.69) is 33.6 Å². The second-order valence-corrected chi connectivity index (χ2v) is 6.79. The van der Waals surface area contributed by atoms with E-state index in [0.717, 1.165) is 49.0 Å². The molecule has 3 rings (SSSR count). The second kappa shape index (κ2) is 6.68. The summed E-state index contributed by atoms with van der Waals surface area (Å²) >= 11 is 3.29. The molecule has 6 heteroatoms. The molecule has 3 heterocycles. The molecular weight excluding hydrogens is 302 g/mol. The van der Waals surface area contributed by atoms with Gasteiger partial charge in [-0.05, 0) is 18.0 Å². The number of amides is 1. The first-order valence-corrected chi connectivity index (χ1v) is 9.05. The van der Waals surface area contributed by atoms with Gasteiger partial charge in [-0.15, -0.1) is 11.3 Å². The predicted octanol–water partition coefficient (Wildman–Crippen LogP) is 2.58. The highest BCUT2D eigenvalue weighted by atomic mass is 32.1. The first kappa shape index (κ1) is 14.7. The zero-order valence-corrected chi connectivity index (χ0v) is 13.8. The molecule has 1 aliphatic heterocycles. The van der Waals surface area contributed by atoms with E-state index in [0.29, 0.717) is 6.42 Å². The number of thiazole rings is 1. The normalized spacial score (nSPS) is 16.3. The highest BCUT2D eigenvalue weighted by Gasteiger charge is 2.21. The SMILES string of the molecule is CCN1CCN(C(=O)Cc2csc(-c3ccsc3)n2)CC1. The van der Waals surface area contributed by atoms with Crippen molar-refractivity contribution < 1.29 is 4.79 Å². The van der Waals surface area contributed by atoms with E-state index in [4.69, 9.17) is 0 Å². The maximum absolute atomic E-state index is 12.3. The third kappa shape index (κ3) is 3.51. The van der Waals surface area contributed by atoms with Crippen molar-refractivity contribution in [1.82, 2.24) is 14.8 Å². The number of likely N-dealkylation sites (N-methyl/N-ethyl adjacent to an activating group) is 1. The highest BCUT2D eigenvalue weighted by Crippen LogP contribution is 2.26. The lowest BCUT2D eigenvalue weighted by Crippen LogP contribution is -2.48. The maximum Gasteiger partial charge on any atom is 0.228 e. The van der Waals surface area contributed by atoms with Gasteiger partial charge in [-0.25, -0.2) is 4.98 Å². The van der Waals surface area contributed by atoms with Crippen molar-refractivity contribution in [2.75, 3.05) is 32.7 Å². The molecule has 0 aromatic carbocycles. The van der Waals surface area contributed by atoms with Crippen LogP contribution in [0.3, 0.4) is 0 Å². The standard InChI is InChI=1S/C15H19N3OS2/c1-2-17-4-6-18(7-5-17)14(19)9-13-11-21-15(16-13)12-3-8-20-10-12/h3,8,10-11H,2,4-7,9H2,1H3. The lowest BCUT2D eigenvalue weighted by atomic mass is 10.2. The van der Waals surface area contributed by atoms with Crippen LogP contribution in [0.1, 0.15) is 12.6 Å². The number of piperazine rings is 1. The molecule has 0 radical (unpaired) electrons. The minimum atomic E-state index is 0.202. The highest BCUT2D eigenvalue weighted by molar-refractivity contribution is 7.14. The van der Waals surface area contributed by atoms with Crippen molar-refractivity contribution >= 4 is 28.6 Å². The summed E-state index contributed by atoms with van der Waals surface area (Å²) in [6.07, 6.45) is 0.423. The Balaban J connectivity index is 1.58. The van der Waals surface area contributed by atoms with Gasteiger partial charge in [-0.2, -0.15) is 11.3 Å². The predicted molar refractivity (Wildman–Crippen MR) is 87.8 cm³/mol. The Bertz CT molecular complexity index is 586. The van der Waals surface area contributed by atoms with Crippen LogP contribution in [0.25, 0.3) is 10.6 Å². The van der Waals surface area contributed by atoms with E-state index < -0.39 is 0 Å². The molecule has 21 heavy (non-hydrogen) atoms. The van der Waals surface area contributed by atoms with Gasteiger partial charge in [0.05, 0.1) is 12.1 Å². The average molecular weight is 321 g/mol. The van der Waals surface area contributed by atoms with Crippen LogP contribution in [0, 0.1) is 0 Å². The number of nitrogens with zero attached hydrogens (tertiary/aromatic N) is 3. The van der Waals surface area contributed by atoms with E-state index >= 15 is 0 Å². The van der Waals surface area contributed by atoms with Crippen LogP contribution in [0.5, 0.6) is 0 Å². The molecule has 0 aliphatic carbocycles. The molecular formula is C15H19N3OS2. The maximum atomic E-state index is 12.3. The fraction of sp³-hybridized carbons (Fsp3) is 0.467. The summed E-state index contributed by atoms with van der Waals surface area (Å²) in [5.41, 5.74) is 2.05. The molecule has 2 aromatic rings. The van der Waals surface area contributed by atoms with Crippen molar-refractivity contribution in [3.8, 4) is 10.6 Å². The number of rotatable bonds is 4. The van der Waals surface area contributed by atoms with E-state index in [1.54, 1.807) is 22.7 Å². The third-order valence-electron chi connectivity index (χ3n) is 3.82. The Morgan fingerprint density at radius 3 is 2.76 bits per heavy atom. The van der Waals surface area contributed by atoms with E-state index in [9.17, 15) is 4.79 Å². The Kier molecular flexibility index (Phi) is 4.67. The zero-order chi connectivity index (χ0) is 14.7. The molecule has 2 aromatic heterocycles. The first-order chi connectivity index (χ1) is 10.3. The van der Waals surface area contributed by atoms with Gasteiger partial charge in [-0.1, -0.05) is 6.92 Å². The van der Waals surface area contributed by atoms with Crippen molar-refractivity contribution in [2.45, 2.75) is 13.3 Å². The van der Waals surface area contributed by atoms with Gasteiger partial charge in [0, 0.05) is 42.5 Å². The number of thiophene rings is 1. The Morgan fingerprint density at radius 2 is 2.10 bits per heavy atom. The Hall–Kier alpha value is -1.24. The molecule has 1 saturated heterocycles. The number of hydrogen-bond donors (Lipinski definition) is 0. The molecule has 4 nitrogen and oxygen atoms in total. The van der Waals surface area contributed by atoms with Gasteiger partial charge in [-0.3, -0.25) is 4.79 Å². The molecule has 1 aliphatic rings. The minimum Gasteiger partial charge on any atom is -0.340 e. The van der Waals surface area contributed by atoms with Gasteiger partial charge in [0.1, 0.15) is 5.01 Å². The molecule has 0 atom stereocenters. The van der Waals surface area contributed by atoms with Crippen LogP contribution >= 0.6 is 22.7 Å². The lowest BCUT2D eigenvalue weighted by Gasteiger charge is -2.34. The first-order valence-electron chi connectivity index (χ1n) is 7.23. The van der Waals surface area contributed by atoms with Gasteiger partial charge in [0.25, 0.3) is 0 Å². The summed E-state index contributed by atoms with van der Waals surface area (Å²) < 4.78 is 0. The molecule has 0 saturated carbocycles. The molecule has 1 amide bonds. The number of carbonyl (C=O) groups is 1. The largest absolute Gasteiger partial charge is 0.340 e. The van der Waals surface area contributed by atoms with Crippen molar-refractivity contribution in [1.29, 1.82) is 0 Å². The van der Waals surface area contributed by atoms with Crippen LogP contribution in [0.15, 0.2) is 22.2 Å². The molecule has 0 spiro atoms. The lowest BCUT2D eigenvalue weighted by molar-refractivity contribution is -0.132. The summed E-state index contributed by atoms with van der Waals surface area (Å²) in [6, 6.07) is 2.07. The van der Waals surface area contributed by atoms with Gasteiger partial charge >= 0.3 is 0 Å². The molecule has 112 valence electrons. The van der Waals surface area contributed by atoms with Gasteiger partial charge in [0.15, 0.2) is 0 Å². The quantitative estimate of drug-likeness (QED) is 0.868. The van der Waals surface area contributed by atoms with Crippen LogP contribution in [-0.2, 0) is 11.2 Å². The summed E-state index contributed by atoms with van der Waals surface area (Å²) in [6.45, 7) is 6.89. The number of hydrogen-bond acceptors (Lipinski definition) is 5. The van der Waals surface area contributed by atoms with Crippen LogP contribution in [0.2, 0.25) is 0 Å². The monoisotopic (exact) mass is 321 g/mol. The van der Waals surface area contributed by atoms with E-state index in [1.807, 2.05) is 10.3 Å². The fourth-order valence-electron chi connectivity index (χ4n) is 2.49. The summed E-state index contributed by atoms with van der Waals surface area (Å²) in [5.74, 6) is 0.202. The number of aromatic nitrogens is 1. The van der Waals surface area contributed by atoms with Crippen molar-refractivity contribution in [3.63, 3.8) is 0 Å². The van der Waals surface area contributed by atoms with Crippen LogP contribution in [0.4, 0.5) is 0 Å². The second-order valence-electron chi connectivity index (χ2n) is 5.15. The fourth-order valence-corrected chi connectivity index (χ4v) is 4.02. The van der Waals surface area contributed by atoms with Gasteiger partial charge in [0.2, 0.25) is 5.91 Å². The number of carbonyl (C=O) groups excluding carboxylic acids is 1. The molecule has 0 bridgehead atoms. The molecule has 0 N–H and O–H groups in total. The van der Waals surface area contributed by atoms with E-state index in [-0.39, 0.29) is 5.91 Å². The summed E-state index contributed by atoms with van der Waals surface area (Å²) in [5, 5.41) is 7.16. The Morgan fingerprint density at radius 1 is 1.29 bits per heavy atom. The van der Waals surface area contributed by atoms with Crippen molar-refractivity contribution in [3.05, 3.63) is 27.9 Å². The average Bonchev–Trinajstić information content (AvgIpc) is 3.18. The van der Waals surface area contributed by atoms with Crippen molar-refractivity contribution in [2.24, 2.45) is 0 Å². The minimum absolute atomic E-state index is 0.202. The summed E-state index contributed by atoms with van der Waals surface area (Å²) in [7, 11) is 0. The smallest absolute Gasteiger partial charge is 0.228 e. The van der Waals surface area contributed by atoms with Crippen LogP contribution < -0.4 is 0 Å².